The average Bonchev–Trinajstić information content (AvgIpc) is 3.56. The molecule has 1 aliphatic heterocycles. The maximum atomic E-state index is 13.2. The van der Waals surface area contributed by atoms with Crippen LogP contribution in [-0.4, -0.2) is 53.6 Å². The number of aromatic nitrogens is 2. The van der Waals surface area contributed by atoms with Crippen LogP contribution in [0.5, 0.6) is 0 Å². The molecule has 0 bridgehead atoms. The molecule has 1 N–H and O–H groups in total. The molecule has 3 heterocycles. The summed E-state index contributed by atoms with van der Waals surface area (Å²) in [6.45, 7) is 3.16. The Hall–Kier alpha value is -4.44. The van der Waals surface area contributed by atoms with E-state index in [1.54, 1.807) is 72.7 Å². The third kappa shape index (κ3) is 4.66. The molecule has 194 valence electrons. The van der Waals surface area contributed by atoms with E-state index in [1.807, 2.05) is 41.9 Å². The van der Waals surface area contributed by atoms with Crippen LogP contribution in [0.4, 0.5) is 27.7 Å². The van der Waals surface area contributed by atoms with Gasteiger partial charge in [0.1, 0.15) is 0 Å². The van der Waals surface area contributed by atoms with Gasteiger partial charge in [0, 0.05) is 68.3 Å². The van der Waals surface area contributed by atoms with Gasteiger partial charge < -0.3 is 14.8 Å². The predicted octanol–water partition coefficient (Wildman–Crippen LogP) is 4.71. The number of carbonyl (C=O) groups is 2. The molecule has 2 aromatic heterocycles. The number of nitrogens with zero attached hydrogens (tertiary/aromatic N) is 5. The minimum absolute atomic E-state index is 0.0596. The Morgan fingerprint density at radius 2 is 1.76 bits per heavy atom. The van der Waals surface area contributed by atoms with Crippen LogP contribution in [0.3, 0.4) is 0 Å². The highest BCUT2D eigenvalue weighted by Crippen LogP contribution is 2.33. The standard InChI is InChI=1S/C28H28N6O3S/c1-18-22(6-5-7-24(18)34-14-13-33(28(34)37)21-12-15-38-17-21)23-16-32(4)27(36)25(30-23)29-20-10-8-19(9-11-20)26(35)31(2)3/h5-12,15-17H,13-14H2,1-4H3,(H,29,30). The molecular formula is C28H28N6O3S. The number of aryl methyl sites for hydroxylation is 1. The van der Waals surface area contributed by atoms with E-state index in [0.717, 1.165) is 22.5 Å². The van der Waals surface area contributed by atoms with Crippen LogP contribution in [0.2, 0.25) is 0 Å². The van der Waals surface area contributed by atoms with E-state index in [4.69, 9.17) is 0 Å². The van der Waals surface area contributed by atoms with Crippen molar-refractivity contribution in [2.75, 3.05) is 42.3 Å². The van der Waals surface area contributed by atoms with Crippen LogP contribution in [-0.2, 0) is 7.05 Å². The number of thiophene rings is 1. The summed E-state index contributed by atoms with van der Waals surface area (Å²) in [5.74, 6) is 0.0697. The molecule has 0 atom stereocenters. The molecule has 4 aromatic rings. The van der Waals surface area contributed by atoms with Crippen molar-refractivity contribution in [1.82, 2.24) is 14.5 Å². The topological polar surface area (TPSA) is 90.8 Å². The molecule has 2 aromatic carbocycles. The highest BCUT2D eigenvalue weighted by atomic mass is 32.1. The van der Waals surface area contributed by atoms with Crippen molar-refractivity contribution in [2.24, 2.45) is 7.05 Å². The summed E-state index contributed by atoms with van der Waals surface area (Å²) in [4.78, 5) is 48.0. The highest BCUT2D eigenvalue weighted by molar-refractivity contribution is 7.08. The Balaban J connectivity index is 1.45. The summed E-state index contributed by atoms with van der Waals surface area (Å²) in [5, 5.41) is 7.03. The van der Waals surface area contributed by atoms with E-state index in [1.165, 1.54) is 9.47 Å². The Morgan fingerprint density at radius 1 is 1.03 bits per heavy atom. The van der Waals surface area contributed by atoms with Gasteiger partial charge in [-0.25, -0.2) is 9.78 Å². The quantitative estimate of drug-likeness (QED) is 0.392. The fourth-order valence-corrected chi connectivity index (χ4v) is 5.15. The molecule has 1 aliphatic rings. The summed E-state index contributed by atoms with van der Waals surface area (Å²) < 4.78 is 1.49. The number of nitrogens with one attached hydrogen (secondary N) is 1. The minimum atomic E-state index is -0.280. The van der Waals surface area contributed by atoms with E-state index in [0.29, 0.717) is 30.0 Å². The Morgan fingerprint density at radius 3 is 2.45 bits per heavy atom. The van der Waals surface area contributed by atoms with Crippen molar-refractivity contribution in [3.63, 3.8) is 0 Å². The van der Waals surface area contributed by atoms with Crippen LogP contribution in [0, 0.1) is 6.92 Å². The number of anilines is 4. The van der Waals surface area contributed by atoms with Gasteiger partial charge in [0.25, 0.3) is 11.5 Å². The molecule has 10 heteroatoms. The third-order valence-electron chi connectivity index (χ3n) is 6.57. The number of carbonyl (C=O) groups excluding carboxylic acids is 2. The van der Waals surface area contributed by atoms with E-state index in [-0.39, 0.29) is 23.3 Å². The number of amides is 3. The lowest BCUT2D eigenvalue weighted by atomic mass is 10.0. The van der Waals surface area contributed by atoms with Crippen LogP contribution >= 0.6 is 11.3 Å². The normalized spacial score (nSPS) is 13.2. The lowest BCUT2D eigenvalue weighted by molar-refractivity contribution is 0.0827. The third-order valence-corrected chi connectivity index (χ3v) is 7.24. The molecular weight excluding hydrogens is 500 g/mol. The van der Waals surface area contributed by atoms with Crippen LogP contribution in [0.25, 0.3) is 11.3 Å². The molecule has 1 saturated heterocycles. The average molecular weight is 529 g/mol. The SMILES string of the molecule is Cc1c(-c2cn(C)c(=O)c(Nc3ccc(C(=O)N(C)C)cc3)n2)cccc1N1CCN(c2ccsc2)C1=O. The molecule has 3 amide bonds. The first kappa shape index (κ1) is 25.2. The first-order chi connectivity index (χ1) is 18.2. The van der Waals surface area contributed by atoms with E-state index >= 15 is 0 Å². The molecule has 0 spiro atoms. The second-order valence-electron chi connectivity index (χ2n) is 9.31. The molecule has 0 saturated carbocycles. The number of rotatable bonds is 6. The fourth-order valence-electron chi connectivity index (χ4n) is 4.51. The number of hydrogen-bond acceptors (Lipinski definition) is 6. The van der Waals surface area contributed by atoms with Gasteiger partial charge >= 0.3 is 6.03 Å². The van der Waals surface area contributed by atoms with Gasteiger partial charge in [-0.05, 0) is 54.3 Å². The largest absolute Gasteiger partial charge is 0.345 e. The summed E-state index contributed by atoms with van der Waals surface area (Å²) in [5.41, 5.74) is 4.97. The smallest absolute Gasteiger partial charge is 0.329 e. The second kappa shape index (κ2) is 10.1. The lowest BCUT2D eigenvalue weighted by Gasteiger charge is -2.21. The maximum Gasteiger partial charge on any atom is 0.329 e. The molecule has 38 heavy (non-hydrogen) atoms. The summed E-state index contributed by atoms with van der Waals surface area (Å²) >= 11 is 1.56. The van der Waals surface area contributed by atoms with Crippen LogP contribution in [0.15, 0.2) is 70.3 Å². The number of hydrogen-bond donors (Lipinski definition) is 1. The fraction of sp³-hybridized carbons (Fsp3) is 0.214. The lowest BCUT2D eigenvalue weighted by Crippen LogP contribution is -2.31. The van der Waals surface area contributed by atoms with Crippen molar-refractivity contribution in [2.45, 2.75) is 6.92 Å². The van der Waals surface area contributed by atoms with Gasteiger partial charge in [-0.2, -0.15) is 11.3 Å². The van der Waals surface area contributed by atoms with Crippen molar-refractivity contribution >= 4 is 46.2 Å². The zero-order chi connectivity index (χ0) is 27.0. The van der Waals surface area contributed by atoms with E-state index < -0.39 is 0 Å². The van der Waals surface area contributed by atoms with Gasteiger partial charge in [-0.1, -0.05) is 12.1 Å². The molecule has 1 fully saturated rings. The van der Waals surface area contributed by atoms with Gasteiger partial charge in [-0.15, -0.1) is 0 Å². The highest BCUT2D eigenvalue weighted by Gasteiger charge is 2.32. The van der Waals surface area contributed by atoms with E-state index in [2.05, 4.69) is 10.3 Å². The van der Waals surface area contributed by atoms with Crippen molar-refractivity contribution in [3.8, 4) is 11.3 Å². The van der Waals surface area contributed by atoms with Crippen molar-refractivity contribution in [1.29, 1.82) is 0 Å². The van der Waals surface area contributed by atoms with Crippen LogP contribution < -0.4 is 20.7 Å². The Bertz CT molecular complexity index is 1560. The first-order valence-electron chi connectivity index (χ1n) is 12.1. The number of urea groups is 1. The predicted molar refractivity (Wildman–Crippen MR) is 152 cm³/mol. The molecule has 0 radical (unpaired) electrons. The maximum absolute atomic E-state index is 13.2. The minimum Gasteiger partial charge on any atom is -0.345 e. The zero-order valence-corrected chi connectivity index (χ0v) is 22.5. The Kier molecular flexibility index (Phi) is 6.73. The number of benzene rings is 2. The first-order valence-corrected chi connectivity index (χ1v) is 13.1. The molecule has 5 rings (SSSR count). The van der Waals surface area contributed by atoms with Crippen molar-refractivity contribution in [3.05, 3.63) is 87.0 Å². The van der Waals surface area contributed by atoms with Crippen LogP contribution in [0.1, 0.15) is 15.9 Å². The van der Waals surface area contributed by atoms with E-state index in [9.17, 15) is 14.4 Å². The van der Waals surface area contributed by atoms with Gasteiger partial charge in [-0.3, -0.25) is 19.4 Å². The molecule has 0 unspecified atom stereocenters. The summed E-state index contributed by atoms with van der Waals surface area (Å²) in [7, 11) is 5.08. The zero-order valence-electron chi connectivity index (χ0n) is 21.6. The Labute approximate surface area is 224 Å². The molecule has 9 nitrogen and oxygen atoms in total. The summed E-state index contributed by atoms with van der Waals surface area (Å²) in [6, 6.07) is 14.6. The molecule has 0 aliphatic carbocycles. The second-order valence-corrected chi connectivity index (χ2v) is 10.1. The summed E-state index contributed by atoms with van der Waals surface area (Å²) in [6.07, 6.45) is 1.70. The van der Waals surface area contributed by atoms with Gasteiger partial charge in [0.15, 0.2) is 5.82 Å². The van der Waals surface area contributed by atoms with Crippen molar-refractivity contribution < 1.29 is 9.59 Å². The van der Waals surface area contributed by atoms with Gasteiger partial charge in [0.05, 0.1) is 11.4 Å². The monoisotopic (exact) mass is 528 g/mol. The van der Waals surface area contributed by atoms with Gasteiger partial charge in [0.2, 0.25) is 0 Å².